The van der Waals surface area contributed by atoms with Crippen molar-refractivity contribution >= 4 is 21.4 Å². The van der Waals surface area contributed by atoms with Gasteiger partial charge in [-0.3, -0.25) is 9.12 Å². The number of halogens is 3. The molecule has 0 aliphatic heterocycles. The number of alkyl halides is 3. The average molecular weight is 342 g/mol. The van der Waals surface area contributed by atoms with Gasteiger partial charge < -0.3 is 0 Å². The van der Waals surface area contributed by atoms with E-state index in [-0.39, 0.29) is 11.3 Å². The first-order valence-corrected chi connectivity index (χ1v) is 7.74. The summed E-state index contributed by atoms with van der Waals surface area (Å²) in [6.45, 7) is 0. The predicted octanol–water partition coefficient (Wildman–Crippen LogP) is 2.55. The second kappa shape index (κ2) is 5.23. The predicted molar refractivity (Wildman–Crippen MR) is 75.2 cm³/mol. The van der Waals surface area contributed by atoms with Crippen molar-refractivity contribution in [2.75, 3.05) is 4.72 Å². The molecule has 0 spiro atoms. The van der Waals surface area contributed by atoms with Crippen LogP contribution in [0.15, 0.2) is 53.8 Å². The van der Waals surface area contributed by atoms with Crippen LogP contribution in [-0.4, -0.2) is 23.0 Å². The summed E-state index contributed by atoms with van der Waals surface area (Å²) in [5, 5.41) is 7.40. The molecular formula is C13H9F3N4O2S. The highest BCUT2D eigenvalue weighted by atomic mass is 32.2. The van der Waals surface area contributed by atoms with Gasteiger partial charge in [0.15, 0.2) is 5.65 Å². The lowest BCUT2D eigenvalue weighted by molar-refractivity contribution is -0.137. The maximum atomic E-state index is 12.7. The first-order chi connectivity index (χ1) is 10.8. The third kappa shape index (κ3) is 2.97. The standard InChI is InChI=1S/C13H9F3N4O2S/c14-13(15,16)9-3-1-4-10(7-9)23(21,22)19-11-5-2-6-20-8-17-18-12(11)20/h1-8,19H. The molecule has 3 rings (SSSR count). The Hall–Kier alpha value is -2.62. The van der Waals surface area contributed by atoms with Crippen molar-refractivity contribution in [2.24, 2.45) is 0 Å². The Balaban J connectivity index is 2.01. The molecule has 6 nitrogen and oxygen atoms in total. The summed E-state index contributed by atoms with van der Waals surface area (Å²) in [6.07, 6.45) is -1.65. The Morgan fingerprint density at radius 3 is 2.65 bits per heavy atom. The number of hydrogen-bond acceptors (Lipinski definition) is 4. The van der Waals surface area contributed by atoms with Crippen LogP contribution in [0.5, 0.6) is 0 Å². The van der Waals surface area contributed by atoms with Crippen molar-refractivity contribution in [3.8, 4) is 0 Å². The third-order valence-corrected chi connectivity index (χ3v) is 4.40. The van der Waals surface area contributed by atoms with Crippen molar-refractivity contribution in [2.45, 2.75) is 11.1 Å². The molecular weight excluding hydrogens is 333 g/mol. The Morgan fingerprint density at radius 2 is 1.91 bits per heavy atom. The molecule has 0 saturated heterocycles. The fourth-order valence-corrected chi connectivity index (χ4v) is 3.08. The molecule has 1 aromatic carbocycles. The number of rotatable bonds is 3. The van der Waals surface area contributed by atoms with E-state index in [4.69, 9.17) is 0 Å². The van der Waals surface area contributed by atoms with Crippen LogP contribution in [0.2, 0.25) is 0 Å². The molecule has 0 fully saturated rings. The summed E-state index contributed by atoms with van der Waals surface area (Å²) in [5.74, 6) is 0. The summed E-state index contributed by atoms with van der Waals surface area (Å²) in [4.78, 5) is -0.492. The SMILES string of the molecule is O=S(=O)(Nc1cccn2cnnc12)c1cccc(C(F)(F)F)c1. The molecule has 0 aliphatic carbocycles. The first-order valence-electron chi connectivity index (χ1n) is 6.26. The topological polar surface area (TPSA) is 76.4 Å². The van der Waals surface area contributed by atoms with Gasteiger partial charge in [0, 0.05) is 6.20 Å². The zero-order valence-electron chi connectivity index (χ0n) is 11.3. The van der Waals surface area contributed by atoms with Gasteiger partial charge in [0.05, 0.1) is 16.1 Å². The lowest BCUT2D eigenvalue weighted by Crippen LogP contribution is -2.15. The van der Waals surface area contributed by atoms with Crippen molar-refractivity contribution in [3.05, 3.63) is 54.5 Å². The van der Waals surface area contributed by atoms with Crippen LogP contribution in [-0.2, 0) is 16.2 Å². The Morgan fingerprint density at radius 1 is 1.13 bits per heavy atom. The minimum absolute atomic E-state index is 0.113. The number of anilines is 1. The van der Waals surface area contributed by atoms with E-state index in [2.05, 4.69) is 14.9 Å². The van der Waals surface area contributed by atoms with Crippen LogP contribution in [0.3, 0.4) is 0 Å². The van der Waals surface area contributed by atoms with Gasteiger partial charge in [-0.1, -0.05) is 6.07 Å². The van der Waals surface area contributed by atoms with E-state index in [1.165, 1.54) is 16.8 Å². The van der Waals surface area contributed by atoms with Crippen LogP contribution in [0.25, 0.3) is 5.65 Å². The van der Waals surface area contributed by atoms with Crippen LogP contribution in [0, 0.1) is 0 Å². The molecule has 3 aromatic rings. The van der Waals surface area contributed by atoms with Crippen LogP contribution in [0.4, 0.5) is 18.9 Å². The van der Waals surface area contributed by atoms with Gasteiger partial charge in [0.25, 0.3) is 10.0 Å². The Kier molecular flexibility index (Phi) is 3.48. The van der Waals surface area contributed by atoms with Crippen molar-refractivity contribution in [1.29, 1.82) is 0 Å². The highest BCUT2D eigenvalue weighted by molar-refractivity contribution is 7.92. The minimum atomic E-state index is -4.63. The molecule has 23 heavy (non-hydrogen) atoms. The van der Waals surface area contributed by atoms with Crippen LogP contribution >= 0.6 is 0 Å². The Labute approximate surface area is 128 Å². The maximum absolute atomic E-state index is 12.7. The van der Waals surface area contributed by atoms with Gasteiger partial charge in [-0.25, -0.2) is 8.42 Å². The number of aromatic nitrogens is 3. The highest BCUT2D eigenvalue weighted by Gasteiger charge is 2.31. The molecule has 0 saturated carbocycles. The van der Waals surface area contributed by atoms with E-state index in [1.54, 1.807) is 12.3 Å². The van der Waals surface area contributed by atoms with E-state index in [9.17, 15) is 21.6 Å². The smallest absolute Gasteiger partial charge is 0.287 e. The number of benzene rings is 1. The van der Waals surface area contributed by atoms with E-state index < -0.39 is 26.7 Å². The molecule has 120 valence electrons. The zero-order chi connectivity index (χ0) is 16.7. The van der Waals surface area contributed by atoms with E-state index in [0.29, 0.717) is 6.07 Å². The summed E-state index contributed by atoms with van der Waals surface area (Å²) in [7, 11) is -4.20. The highest BCUT2D eigenvalue weighted by Crippen LogP contribution is 2.31. The van der Waals surface area contributed by atoms with E-state index in [1.807, 2.05) is 0 Å². The number of hydrogen-bond donors (Lipinski definition) is 1. The van der Waals surface area contributed by atoms with Gasteiger partial charge >= 0.3 is 6.18 Å². The van der Waals surface area contributed by atoms with Crippen LogP contribution < -0.4 is 4.72 Å². The fraction of sp³-hybridized carbons (Fsp3) is 0.0769. The summed E-state index contributed by atoms with van der Waals surface area (Å²) in [6, 6.07) is 6.50. The molecule has 0 amide bonds. The van der Waals surface area contributed by atoms with Gasteiger partial charge in [0.2, 0.25) is 0 Å². The summed E-state index contributed by atoms with van der Waals surface area (Å²) >= 11 is 0. The molecule has 2 aromatic heterocycles. The number of nitrogens with one attached hydrogen (secondary N) is 1. The van der Waals surface area contributed by atoms with Gasteiger partial charge in [0.1, 0.15) is 6.33 Å². The molecule has 0 radical (unpaired) electrons. The van der Waals surface area contributed by atoms with Gasteiger partial charge in [-0.2, -0.15) is 13.2 Å². The molecule has 0 aliphatic rings. The van der Waals surface area contributed by atoms with Gasteiger partial charge in [-0.05, 0) is 30.3 Å². The molecule has 0 atom stereocenters. The molecule has 1 N–H and O–H groups in total. The maximum Gasteiger partial charge on any atom is 0.416 e. The zero-order valence-corrected chi connectivity index (χ0v) is 12.1. The summed E-state index contributed by atoms with van der Waals surface area (Å²) < 4.78 is 66.5. The van der Waals surface area contributed by atoms with Crippen LogP contribution in [0.1, 0.15) is 5.56 Å². The number of sulfonamides is 1. The molecule has 2 heterocycles. The quantitative estimate of drug-likeness (QED) is 0.794. The normalized spacial score (nSPS) is 12.5. The Bertz CT molecular complexity index is 967. The van der Waals surface area contributed by atoms with E-state index in [0.717, 1.165) is 18.2 Å². The van der Waals surface area contributed by atoms with Crippen molar-refractivity contribution < 1.29 is 21.6 Å². The number of pyridine rings is 1. The van der Waals surface area contributed by atoms with E-state index >= 15 is 0 Å². The van der Waals surface area contributed by atoms with Crippen molar-refractivity contribution in [1.82, 2.24) is 14.6 Å². The lowest BCUT2D eigenvalue weighted by Gasteiger charge is -2.11. The molecule has 0 bridgehead atoms. The third-order valence-electron chi connectivity index (χ3n) is 3.04. The molecule has 0 unspecified atom stereocenters. The average Bonchev–Trinajstić information content (AvgIpc) is 2.96. The second-order valence-electron chi connectivity index (χ2n) is 4.61. The first kappa shape index (κ1) is 15.3. The van der Waals surface area contributed by atoms with Gasteiger partial charge in [-0.15, -0.1) is 10.2 Å². The second-order valence-corrected chi connectivity index (χ2v) is 6.30. The fourth-order valence-electron chi connectivity index (χ4n) is 1.97. The number of fused-ring (bicyclic) bond motifs is 1. The number of nitrogens with zero attached hydrogens (tertiary/aromatic N) is 3. The summed E-state index contributed by atoms with van der Waals surface area (Å²) in [5.41, 5.74) is -0.688. The lowest BCUT2D eigenvalue weighted by atomic mass is 10.2. The minimum Gasteiger partial charge on any atom is -0.287 e. The monoisotopic (exact) mass is 342 g/mol. The molecule has 10 heteroatoms. The largest absolute Gasteiger partial charge is 0.416 e. The van der Waals surface area contributed by atoms with Crippen molar-refractivity contribution in [3.63, 3.8) is 0 Å².